The molecule has 0 bridgehead atoms. The Morgan fingerprint density at radius 3 is 2.14 bits per heavy atom. The second kappa shape index (κ2) is 5.88. The van der Waals surface area contributed by atoms with Gasteiger partial charge in [-0.25, -0.2) is 0 Å². The zero-order valence-corrected chi connectivity index (χ0v) is 16.9. The van der Waals surface area contributed by atoms with E-state index in [0.29, 0.717) is 0 Å². The summed E-state index contributed by atoms with van der Waals surface area (Å²) in [6.07, 6.45) is 2.60. The van der Waals surface area contributed by atoms with Crippen molar-refractivity contribution in [2.24, 2.45) is 11.8 Å². The van der Waals surface area contributed by atoms with Gasteiger partial charge in [-0.15, -0.1) is 0 Å². The van der Waals surface area contributed by atoms with Gasteiger partial charge in [0.1, 0.15) is 0 Å². The molecule has 0 amide bonds. The number of allylic oxidation sites excluding steroid dienone is 2. The van der Waals surface area contributed by atoms with Gasteiger partial charge in [-0.2, -0.15) is 0 Å². The van der Waals surface area contributed by atoms with Gasteiger partial charge in [0.2, 0.25) is 0 Å². The molecule has 21 heavy (non-hydrogen) atoms. The first-order chi connectivity index (χ1) is 9.72. The van der Waals surface area contributed by atoms with Crippen LogP contribution < -0.4 is 5.19 Å². The molecule has 0 N–H and O–H groups in total. The maximum Gasteiger partial charge on any atom is 0.0870 e. The minimum Gasteiger partial charge on any atom is -0.0879 e. The third-order valence-corrected chi connectivity index (χ3v) is 23.6. The summed E-state index contributed by atoms with van der Waals surface area (Å²) in [5, 5.41) is 1.72. The zero-order chi connectivity index (χ0) is 15.8. The summed E-state index contributed by atoms with van der Waals surface area (Å²) in [5.41, 5.74) is 2.52. The minimum atomic E-state index is -1.50. The highest BCUT2D eigenvalue weighted by Gasteiger charge is 2.55. The minimum absolute atomic E-state index is 0.748. The molecule has 0 fully saturated rings. The molecule has 0 aromatic heterocycles. The Morgan fingerprint density at radius 1 is 1.10 bits per heavy atom. The second-order valence-corrected chi connectivity index (χ2v) is 23.6. The molecule has 1 aromatic rings. The van der Waals surface area contributed by atoms with Crippen LogP contribution in [0.1, 0.15) is 27.7 Å². The lowest BCUT2D eigenvalue weighted by atomic mass is 9.91. The van der Waals surface area contributed by atoms with Gasteiger partial charge in [0.25, 0.3) is 0 Å². The summed E-state index contributed by atoms with van der Waals surface area (Å²) in [4.78, 5) is 0. The molecule has 0 nitrogen and oxygen atoms in total. The molecule has 0 aliphatic carbocycles. The van der Waals surface area contributed by atoms with Crippen LogP contribution in [0.5, 0.6) is 0 Å². The summed E-state index contributed by atoms with van der Waals surface area (Å²) in [6.45, 7) is 17.7. The predicted molar refractivity (Wildman–Crippen MR) is 101 cm³/mol. The molecule has 116 valence electrons. The molecule has 3 atom stereocenters. The van der Waals surface area contributed by atoms with E-state index in [1.54, 1.807) is 10.8 Å². The van der Waals surface area contributed by atoms with E-state index in [2.05, 4.69) is 83.7 Å². The lowest BCUT2D eigenvalue weighted by Gasteiger charge is -2.54. The largest absolute Gasteiger partial charge is 0.0879 e. The van der Waals surface area contributed by atoms with E-state index in [1.165, 1.54) is 6.04 Å². The van der Waals surface area contributed by atoms with Crippen LogP contribution >= 0.6 is 0 Å². The number of benzene rings is 1. The van der Waals surface area contributed by atoms with Crippen LogP contribution in [0, 0.1) is 11.8 Å². The fraction of sp³-hybridized carbons (Fsp3) is 0.579. The van der Waals surface area contributed by atoms with Crippen molar-refractivity contribution >= 4 is 20.4 Å². The molecule has 0 unspecified atom stereocenters. The van der Waals surface area contributed by atoms with Crippen molar-refractivity contribution in [1.29, 1.82) is 0 Å². The molecule has 2 heteroatoms. The predicted octanol–water partition coefficient (Wildman–Crippen LogP) is 5.38. The van der Waals surface area contributed by atoms with Crippen LogP contribution in [0.4, 0.5) is 0 Å². The van der Waals surface area contributed by atoms with Gasteiger partial charge in [0, 0.05) is 7.59 Å². The molecule has 2 rings (SSSR count). The Kier molecular flexibility index (Phi) is 4.70. The van der Waals surface area contributed by atoms with Crippen molar-refractivity contribution in [1.82, 2.24) is 0 Å². The standard InChI is InChI=1S/C19H32Si2/c1-15(2)19-17(4)16(3)13-14-21(19,20(5,6)7)18-11-9-8-10-12-18/h8-13,15,17,19H,14H2,1-7H3/t17-,19+,21+/m0/s1. The molecule has 1 aliphatic rings. The molecule has 0 radical (unpaired) electrons. The Balaban J connectivity index is 2.70. The Hall–Kier alpha value is -0.606. The topological polar surface area (TPSA) is 0 Å². The van der Waals surface area contributed by atoms with E-state index in [9.17, 15) is 0 Å². The molecule has 1 aliphatic heterocycles. The number of rotatable bonds is 3. The normalized spacial score (nSPS) is 30.4. The molecule has 0 spiro atoms. The molecule has 1 heterocycles. The summed E-state index contributed by atoms with van der Waals surface area (Å²) in [5.74, 6) is 1.53. The first kappa shape index (κ1) is 16.8. The van der Waals surface area contributed by atoms with Crippen molar-refractivity contribution in [2.75, 3.05) is 0 Å². The van der Waals surface area contributed by atoms with E-state index in [1.807, 2.05) is 0 Å². The van der Waals surface area contributed by atoms with Crippen LogP contribution in [-0.2, 0) is 0 Å². The Labute approximate surface area is 133 Å². The van der Waals surface area contributed by atoms with Crippen LogP contribution in [0.3, 0.4) is 0 Å². The monoisotopic (exact) mass is 316 g/mol. The summed E-state index contributed by atoms with van der Waals surface area (Å²) < 4.78 is 0. The summed E-state index contributed by atoms with van der Waals surface area (Å²) in [7, 11) is -2.75. The van der Waals surface area contributed by atoms with Crippen molar-refractivity contribution in [3.8, 4) is 0 Å². The molecule has 0 saturated carbocycles. The van der Waals surface area contributed by atoms with Crippen molar-refractivity contribution in [3.63, 3.8) is 0 Å². The first-order valence-electron chi connectivity index (χ1n) is 8.44. The van der Waals surface area contributed by atoms with E-state index < -0.39 is 15.2 Å². The van der Waals surface area contributed by atoms with Gasteiger partial charge in [-0.05, 0) is 30.3 Å². The third-order valence-electron chi connectivity index (χ3n) is 5.92. The highest BCUT2D eigenvalue weighted by molar-refractivity contribution is 7.46. The number of hydrogen-bond acceptors (Lipinski definition) is 0. The van der Waals surface area contributed by atoms with Gasteiger partial charge in [-0.1, -0.05) is 87.6 Å². The lowest BCUT2D eigenvalue weighted by molar-refractivity contribution is 0.467. The van der Waals surface area contributed by atoms with Crippen LogP contribution in [0.2, 0.25) is 31.2 Å². The smallest absolute Gasteiger partial charge is 0.0870 e. The Bertz CT molecular complexity index is 510. The quantitative estimate of drug-likeness (QED) is 0.518. The lowest BCUT2D eigenvalue weighted by Crippen LogP contribution is -2.70. The van der Waals surface area contributed by atoms with Gasteiger partial charge in [0.15, 0.2) is 0 Å². The highest BCUT2D eigenvalue weighted by atomic mass is 29.3. The van der Waals surface area contributed by atoms with E-state index >= 15 is 0 Å². The molecule has 0 saturated heterocycles. The van der Waals surface area contributed by atoms with E-state index in [4.69, 9.17) is 0 Å². The average molecular weight is 317 g/mol. The van der Waals surface area contributed by atoms with Crippen LogP contribution in [0.15, 0.2) is 42.0 Å². The highest BCUT2D eigenvalue weighted by Crippen LogP contribution is 2.49. The first-order valence-corrected chi connectivity index (χ1v) is 15.2. The second-order valence-electron chi connectivity index (χ2n) is 8.30. The molecular formula is C19H32Si2. The SMILES string of the molecule is CC1=CC[Si@](c2ccccc2)([Si](C)(C)C)[C@H](C(C)C)[C@H]1C. The van der Waals surface area contributed by atoms with Crippen molar-refractivity contribution < 1.29 is 0 Å². The van der Waals surface area contributed by atoms with Crippen molar-refractivity contribution in [2.45, 2.75) is 58.9 Å². The fourth-order valence-electron chi connectivity index (χ4n) is 4.79. The van der Waals surface area contributed by atoms with E-state index in [0.717, 1.165) is 17.4 Å². The van der Waals surface area contributed by atoms with Gasteiger partial charge < -0.3 is 0 Å². The van der Waals surface area contributed by atoms with Gasteiger partial charge in [0.05, 0.1) is 7.59 Å². The van der Waals surface area contributed by atoms with Crippen LogP contribution in [-0.4, -0.2) is 15.2 Å². The van der Waals surface area contributed by atoms with Gasteiger partial charge >= 0.3 is 0 Å². The maximum atomic E-state index is 2.63. The molecular weight excluding hydrogens is 284 g/mol. The maximum absolute atomic E-state index is 2.63. The van der Waals surface area contributed by atoms with E-state index in [-0.39, 0.29) is 0 Å². The average Bonchev–Trinajstić information content (AvgIpc) is 2.41. The zero-order valence-electron chi connectivity index (χ0n) is 14.9. The number of hydrogen-bond donors (Lipinski definition) is 0. The third kappa shape index (κ3) is 2.73. The summed E-state index contributed by atoms with van der Waals surface area (Å²) in [6, 6.07) is 13.0. The summed E-state index contributed by atoms with van der Waals surface area (Å²) >= 11 is 0. The Morgan fingerprint density at radius 2 is 1.67 bits per heavy atom. The van der Waals surface area contributed by atoms with Gasteiger partial charge in [-0.3, -0.25) is 0 Å². The van der Waals surface area contributed by atoms with Crippen LogP contribution in [0.25, 0.3) is 0 Å². The fourth-order valence-corrected chi connectivity index (χ4v) is 21.8. The molecule has 1 aromatic carbocycles. The van der Waals surface area contributed by atoms with Crippen molar-refractivity contribution in [3.05, 3.63) is 42.0 Å².